The lowest BCUT2D eigenvalue weighted by atomic mass is 9.91. The molecule has 32 heavy (non-hydrogen) atoms. The number of carbonyl (C=O) groups is 1. The molecule has 4 aromatic rings. The van der Waals surface area contributed by atoms with Gasteiger partial charge in [-0.2, -0.15) is 13.2 Å². The molecular weight excluding hydrogens is 421 g/mol. The summed E-state index contributed by atoms with van der Waals surface area (Å²) in [5.74, 6) is -0.161. The summed E-state index contributed by atoms with van der Waals surface area (Å²) >= 11 is 0. The molecule has 5 nitrogen and oxygen atoms in total. The molecule has 1 aliphatic rings. The number of furan rings is 1. The third kappa shape index (κ3) is 3.32. The lowest BCUT2D eigenvalue weighted by Crippen LogP contribution is -2.40. The molecular formula is C24H19F3N2O3. The number of para-hydroxylation sites is 1. The highest BCUT2D eigenvalue weighted by Gasteiger charge is 2.38. The van der Waals surface area contributed by atoms with E-state index in [9.17, 15) is 18.0 Å². The van der Waals surface area contributed by atoms with E-state index in [1.807, 2.05) is 24.3 Å². The molecule has 1 amide bonds. The van der Waals surface area contributed by atoms with Crippen molar-refractivity contribution in [3.05, 3.63) is 88.8 Å². The minimum absolute atomic E-state index is 0.0680. The number of benzene rings is 2. The first-order valence-electron chi connectivity index (χ1n) is 10.1. The molecule has 0 bridgehead atoms. The number of hydrogen-bond donors (Lipinski definition) is 1. The number of aromatic nitrogens is 1. The zero-order valence-corrected chi connectivity index (χ0v) is 17.1. The molecule has 1 unspecified atom stereocenters. The number of alkyl halides is 3. The van der Waals surface area contributed by atoms with Crippen LogP contribution in [0.15, 0.2) is 65.1 Å². The molecule has 8 heteroatoms. The fourth-order valence-electron chi connectivity index (χ4n) is 4.38. The van der Waals surface area contributed by atoms with Crippen LogP contribution in [0.5, 0.6) is 5.95 Å². The van der Waals surface area contributed by atoms with Gasteiger partial charge in [-0.05, 0) is 41.8 Å². The molecule has 0 spiro atoms. The van der Waals surface area contributed by atoms with Crippen molar-refractivity contribution in [2.24, 2.45) is 0 Å². The van der Waals surface area contributed by atoms with Gasteiger partial charge in [-0.15, -0.1) is 0 Å². The predicted molar refractivity (Wildman–Crippen MR) is 112 cm³/mol. The van der Waals surface area contributed by atoms with Crippen LogP contribution in [0, 0.1) is 0 Å². The summed E-state index contributed by atoms with van der Waals surface area (Å²) in [6.45, 7) is 0.331. The second kappa shape index (κ2) is 7.47. The first-order chi connectivity index (χ1) is 15.4. The fraction of sp³-hybridized carbons (Fsp3) is 0.208. The average Bonchev–Trinajstić information content (AvgIpc) is 3.42. The van der Waals surface area contributed by atoms with Crippen molar-refractivity contribution in [1.82, 2.24) is 9.88 Å². The van der Waals surface area contributed by atoms with E-state index < -0.39 is 23.7 Å². The first kappa shape index (κ1) is 20.2. The van der Waals surface area contributed by atoms with Gasteiger partial charge in [0.05, 0.1) is 18.7 Å². The molecule has 1 N–H and O–H groups in total. The maximum atomic E-state index is 13.4. The molecule has 1 atom stereocenters. The van der Waals surface area contributed by atoms with E-state index in [2.05, 4.69) is 4.98 Å². The molecule has 5 rings (SSSR count). The van der Waals surface area contributed by atoms with Gasteiger partial charge in [0.1, 0.15) is 0 Å². The monoisotopic (exact) mass is 440 g/mol. The van der Waals surface area contributed by atoms with Gasteiger partial charge >= 0.3 is 6.18 Å². The molecule has 1 aliphatic heterocycles. The zero-order valence-electron chi connectivity index (χ0n) is 17.1. The Morgan fingerprint density at radius 3 is 2.69 bits per heavy atom. The smallest absolute Gasteiger partial charge is 0.416 e. The van der Waals surface area contributed by atoms with Crippen LogP contribution in [0.2, 0.25) is 0 Å². The van der Waals surface area contributed by atoms with Crippen molar-refractivity contribution in [3.8, 4) is 5.95 Å². The molecule has 0 saturated carbocycles. The number of fused-ring (bicyclic) bond motifs is 3. The van der Waals surface area contributed by atoms with E-state index in [1.54, 1.807) is 11.0 Å². The topological polar surface area (TPSA) is 58.5 Å². The maximum Gasteiger partial charge on any atom is 0.416 e. The number of nitrogens with one attached hydrogen (secondary N) is 1. The standard InChI is InChI=1S/C24H19F3N2O3/c1-31-20-10-9-19(32-20)23(30)29-12-11-17-16-7-2-3-8-18(16)28-21(17)22(29)14-5-4-6-15(13-14)24(25,26)27/h2-10,13,22,28H,11-12H2,1H3. The molecule has 2 aromatic heterocycles. The molecule has 0 aliphatic carbocycles. The van der Waals surface area contributed by atoms with E-state index in [0.717, 1.165) is 28.6 Å². The van der Waals surface area contributed by atoms with Crippen LogP contribution in [0.25, 0.3) is 10.9 Å². The van der Waals surface area contributed by atoms with E-state index in [4.69, 9.17) is 9.15 Å². The van der Waals surface area contributed by atoms with Gasteiger partial charge in [0, 0.05) is 29.2 Å². The Bertz CT molecular complexity index is 1310. The third-order valence-corrected chi connectivity index (χ3v) is 5.82. The van der Waals surface area contributed by atoms with Gasteiger partial charge in [0.25, 0.3) is 11.9 Å². The maximum absolute atomic E-state index is 13.4. The normalized spacial score (nSPS) is 16.2. The number of halogens is 3. The summed E-state index contributed by atoms with van der Waals surface area (Å²) in [5.41, 5.74) is 2.21. The Morgan fingerprint density at radius 2 is 1.94 bits per heavy atom. The highest BCUT2D eigenvalue weighted by atomic mass is 19.4. The lowest BCUT2D eigenvalue weighted by molar-refractivity contribution is -0.137. The Labute approximate surface area is 181 Å². The van der Waals surface area contributed by atoms with E-state index in [-0.39, 0.29) is 11.7 Å². The Kier molecular flexibility index (Phi) is 4.73. The quantitative estimate of drug-likeness (QED) is 0.453. The molecule has 0 fully saturated rings. The molecule has 0 radical (unpaired) electrons. The average molecular weight is 440 g/mol. The second-order valence-electron chi connectivity index (χ2n) is 7.66. The zero-order chi connectivity index (χ0) is 22.5. The fourth-order valence-corrected chi connectivity index (χ4v) is 4.38. The predicted octanol–water partition coefficient (Wildman–Crippen LogP) is 5.58. The van der Waals surface area contributed by atoms with Crippen molar-refractivity contribution < 1.29 is 27.1 Å². The van der Waals surface area contributed by atoms with Gasteiger partial charge in [0.15, 0.2) is 5.76 Å². The summed E-state index contributed by atoms with van der Waals surface area (Å²) in [4.78, 5) is 18.3. The van der Waals surface area contributed by atoms with Gasteiger partial charge in [-0.25, -0.2) is 0 Å². The van der Waals surface area contributed by atoms with Gasteiger partial charge in [-0.3, -0.25) is 4.79 Å². The lowest BCUT2D eigenvalue weighted by Gasteiger charge is -2.36. The number of nitrogens with zero attached hydrogens (tertiary/aromatic N) is 1. The van der Waals surface area contributed by atoms with E-state index >= 15 is 0 Å². The van der Waals surface area contributed by atoms with Gasteiger partial charge < -0.3 is 19.0 Å². The van der Waals surface area contributed by atoms with Crippen LogP contribution < -0.4 is 4.74 Å². The number of rotatable bonds is 3. The Hall–Kier alpha value is -3.68. The Balaban J connectivity index is 1.66. The minimum atomic E-state index is -4.49. The molecule has 164 valence electrons. The van der Waals surface area contributed by atoms with Crippen molar-refractivity contribution in [2.45, 2.75) is 18.6 Å². The summed E-state index contributed by atoms with van der Waals surface area (Å²) in [6, 6.07) is 15.1. The first-order valence-corrected chi connectivity index (χ1v) is 10.1. The van der Waals surface area contributed by atoms with Crippen LogP contribution in [0.1, 0.15) is 39.0 Å². The number of methoxy groups -OCH3 is 1. The van der Waals surface area contributed by atoms with Crippen LogP contribution in [0.4, 0.5) is 13.2 Å². The number of H-pyrrole nitrogens is 1. The van der Waals surface area contributed by atoms with Crippen molar-refractivity contribution in [1.29, 1.82) is 0 Å². The van der Waals surface area contributed by atoms with Crippen molar-refractivity contribution in [2.75, 3.05) is 13.7 Å². The summed E-state index contributed by atoms with van der Waals surface area (Å²) in [5, 5.41) is 1.01. The highest BCUT2D eigenvalue weighted by molar-refractivity contribution is 5.93. The number of aromatic amines is 1. The van der Waals surface area contributed by atoms with Crippen LogP contribution >= 0.6 is 0 Å². The van der Waals surface area contributed by atoms with E-state index in [1.165, 1.54) is 25.3 Å². The molecule has 3 heterocycles. The number of amides is 1. The van der Waals surface area contributed by atoms with Crippen LogP contribution in [0.3, 0.4) is 0 Å². The molecule has 0 saturated heterocycles. The van der Waals surface area contributed by atoms with Crippen LogP contribution in [-0.2, 0) is 12.6 Å². The van der Waals surface area contributed by atoms with Crippen LogP contribution in [-0.4, -0.2) is 29.4 Å². The summed E-state index contributed by atoms with van der Waals surface area (Å²) in [6.07, 6.45) is -3.92. The Morgan fingerprint density at radius 1 is 1.12 bits per heavy atom. The van der Waals surface area contributed by atoms with Crippen molar-refractivity contribution >= 4 is 16.8 Å². The third-order valence-electron chi connectivity index (χ3n) is 5.82. The van der Waals surface area contributed by atoms with Crippen molar-refractivity contribution in [3.63, 3.8) is 0 Å². The van der Waals surface area contributed by atoms with E-state index in [0.29, 0.717) is 24.2 Å². The SMILES string of the molecule is COc1ccc(C(=O)N2CCc3c([nH]c4ccccc34)C2c2cccc(C(F)(F)F)c2)o1. The van der Waals surface area contributed by atoms with Gasteiger partial charge in [0.2, 0.25) is 0 Å². The largest absolute Gasteiger partial charge is 0.468 e. The summed E-state index contributed by atoms with van der Waals surface area (Å²) in [7, 11) is 1.43. The minimum Gasteiger partial charge on any atom is -0.468 e. The molecule has 2 aromatic carbocycles. The number of hydrogen-bond acceptors (Lipinski definition) is 3. The summed E-state index contributed by atoms with van der Waals surface area (Å²) < 4.78 is 50.8. The van der Waals surface area contributed by atoms with Gasteiger partial charge in [-0.1, -0.05) is 30.3 Å². The second-order valence-corrected chi connectivity index (χ2v) is 7.66. The number of carbonyl (C=O) groups excluding carboxylic acids is 1. The highest BCUT2D eigenvalue weighted by Crippen LogP contribution is 2.41. The number of ether oxygens (including phenoxy) is 1.